The van der Waals surface area contributed by atoms with Gasteiger partial charge in [-0.1, -0.05) is 0 Å². The summed E-state index contributed by atoms with van der Waals surface area (Å²) in [6, 6.07) is 0. The first kappa shape index (κ1) is 22.4. The van der Waals surface area contributed by atoms with Crippen molar-refractivity contribution in [1.82, 2.24) is 0 Å². The molecule has 2 aliphatic heterocycles. The zero-order valence-corrected chi connectivity index (χ0v) is 16.3. The lowest BCUT2D eigenvalue weighted by Gasteiger charge is -2.47. The van der Waals surface area contributed by atoms with Gasteiger partial charge in [-0.05, 0) is 19.4 Å². The van der Waals surface area contributed by atoms with Crippen molar-refractivity contribution >= 4 is 5.97 Å². The Bertz CT molecular complexity index is 666. The van der Waals surface area contributed by atoms with Gasteiger partial charge in [-0.3, -0.25) is 4.79 Å². The van der Waals surface area contributed by atoms with Crippen molar-refractivity contribution in [3.63, 3.8) is 0 Å². The average molecular weight is 420 g/mol. The molecule has 0 spiro atoms. The predicted molar refractivity (Wildman–Crippen MR) is 92.7 cm³/mol. The third-order valence-corrected chi connectivity index (χ3v) is 6.02. The largest absolute Gasteiger partial charge is 0.472 e. The Labute approximate surface area is 167 Å². The van der Waals surface area contributed by atoms with Crippen LogP contribution in [0.4, 0.5) is 0 Å². The second-order valence-electron chi connectivity index (χ2n) is 8.07. The summed E-state index contributed by atoms with van der Waals surface area (Å²) in [5, 5.41) is 61.2. The van der Waals surface area contributed by atoms with E-state index in [2.05, 4.69) is 0 Å². The van der Waals surface area contributed by atoms with Crippen LogP contribution >= 0.6 is 0 Å². The molecule has 1 saturated heterocycles. The van der Waals surface area contributed by atoms with Gasteiger partial charge in [0.15, 0.2) is 6.29 Å². The SMILES string of the molecule is CC(=O)O[C@@]1(C)C[C@@H](O)[C@]2(O)C(C)=CO[C@@H](O[C@@H]3O[C@H](CO)[C@@H](O)[C@H](O)[C@H]3O)[C@@H]21. The van der Waals surface area contributed by atoms with E-state index in [0.717, 1.165) is 0 Å². The van der Waals surface area contributed by atoms with Gasteiger partial charge >= 0.3 is 5.97 Å². The summed E-state index contributed by atoms with van der Waals surface area (Å²) in [5.74, 6) is -1.74. The van der Waals surface area contributed by atoms with Crippen LogP contribution in [0.25, 0.3) is 0 Å². The zero-order chi connectivity index (χ0) is 21.7. The number of carbonyl (C=O) groups excluding carboxylic acids is 1. The fraction of sp³-hybridized carbons (Fsp3) is 0.833. The minimum Gasteiger partial charge on any atom is -0.472 e. The van der Waals surface area contributed by atoms with Crippen molar-refractivity contribution in [3.05, 3.63) is 11.8 Å². The first-order chi connectivity index (χ1) is 13.5. The number of esters is 1. The van der Waals surface area contributed by atoms with Gasteiger partial charge in [0.25, 0.3) is 0 Å². The van der Waals surface area contributed by atoms with Crippen LogP contribution in [0.15, 0.2) is 11.8 Å². The van der Waals surface area contributed by atoms with E-state index in [1.54, 1.807) is 6.92 Å². The molecule has 11 heteroatoms. The fourth-order valence-corrected chi connectivity index (χ4v) is 4.54. The lowest BCUT2D eigenvalue weighted by atomic mass is 9.77. The Morgan fingerprint density at radius 3 is 2.45 bits per heavy atom. The number of rotatable bonds is 4. The Balaban J connectivity index is 1.91. The van der Waals surface area contributed by atoms with Crippen LogP contribution in [-0.4, -0.2) is 97.5 Å². The average Bonchev–Trinajstić information content (AvgIpc) is 2.84. The zero-order valence-electron chi connectivity index (χ0n) is 16.3. The summed E-state index contributed by atoms with van der Waals surface area (Å²) in [6.07, 6.45) is -9.23. The van der Waals surface area contributed by atoms with Crippen LogP contribution in [0, 0.1) is 5.92 Å². The van der Waals surface area contributed by atoms with Crippen LogP contribution in [0.1, 0.15) is 27.2 Å². The number of fused-ring (bicyclic) bond motifs is 1. The summed E-state index contributed by atoms with van der Waals surface area (Å²) >= 11 is 0. The molecule has 2 fully saturated rings. The van der Waals surface area contributed by atoms with Crippen LogP contribution < -0.4 is 0 Å². The lowest BCUT2D eigenvalue weighted by Crippen LogP contribution is -2.62. The van der Waals surface area contributed by atoms with Gasteiger partial charge in [0, 0.05) is 13.3 Å². The van der Waals surface area contributed by atoms with Crippen molar-refractivity contribution in [1.29, 1.82) is 0 Å². The van der Waals surface area contributed by atoms with Crippen molar-refractivity contribution in [2.75, 3.05) is 6.61 Å². The summed E-state index contributed by atoms with van der Waals surface area (Å²) in [5.41, 5.74) is -2.94. The molecule has 0 aromatic rings. The second-order valence-corrected chi connectivity index (χ2v) is 8.07. The van der Waals surface area contributed by atoms with E-state index < -0.39 is 72.8 Å². The molecule has 10 atom stereocenters. The van der Waals surface area contributed by atoms with Gasteiger partial charge in [-0.2, -0.15) is 0 Å². The number of carbonyl (C=O) groups is 1. The Hall–Kier alpha value is -1.31. The maximum atomic E-state index is 11.6. The molecule has 29 heavy (non-hydrogen) atoms. The molecule has 166 valence electrons. The molecule has 0 bridgehead atoms. The Kier molecular flexibility index (Phi) is 5.98. The van der Waals surface area contributed by atoms with Gasteiger partial charge in [0.05, 0.1) is 24.9 Å². The molecule has 1 saturated carbocycles. The summed E-state index contributed by atoms with van der Waals surface area (Å²) in [7, 11) is 0. The quantitative estimate of drug-likeness (QED) is 0.265. The topological polar surface area (TPSA) is 175 Å². The first-order valence-corrected chi connectivity index (χ1v) is 9.34. The van der Waals surface area contributed by atoms with Gasteiger partial charge in [-0.15, -0.1) is 0 Å². The maximum Gasteiger partial charge on any atom is 0.303 e. The molecule has 0 amide bonds. The molecular weight excluding hydrogens is 392 g/mol. The normalized spacial score (nSPS) is 49.8. The van der Waals surface area contributed by atoms with Crippen molar-refractivity contribution in [2.45, 2.75) is 81.5 Å². The molecule has 0 radical (unpaired) electrons. The van der Waals surface area contributed by atoms with E-state index in [1.807, 2.05) is 0 Å². The van der Waals surface area contributed by atoms with E-state index >= 15 is 0 Å². The standard InChI is InChI=1S/C18H28O11/c1-7-6-26-16(28-15-13(24)12(23)11(22)9(5-19)27-15)14-17(3,29-8(2)20)4-10(21)18(7,14)25/h6,9-16,19,21-25H,4-5H2,1-3H3/t9-,10-,11-,12+,13-,14-,15+,16+,17+,18-/m1/s1. The van der Waals surface area contributed by atoms with Crippen molar-refractivity contribution in [3.8, 4) is 0 Å². The number of hydrogen-bond acceptors (Lipinski definition) is 11. The highest BCUT2D eigenvalue weighted by Gasteiger charge is 2.68. The number of aliphatic hydroxyl groups is 6. The van der Waals surface area contributed by atoms with Crippen LogP contribution in [0.3, 0.4) is 0 Å². The smallest absolute Gasteiger partial charge is 0.303 e. The molecule has 3 rings (SSSR count). The summed E-state index contributed by atoms with van der Waals surface area (Å²) in [6.45, 7) is 3.60. The summed E-state index contributed by atoms with van der Waals surface area (Å²) in [4.78, 5) is 11.6. The van der Waals surface area contributed by atoms with Crippen LogP contribution in [-0.2, 0) is 23.7 Å². The van der Waals surface area contributed by atoms with E-state index in [9.17, 15) is 35.4 Å². The van der Waals surface area contributed by atoms with E-state index in [0.29, 0.717) is 5.57 Å². The molecule has 11 nitrogen and oxygen atoms in total. The van der Waals surface area contributed by atoms with Gasteiger partial charge in [0.2, 0.25) is 6.29 Å². The molecule has 0 unspecified atom stereocenters. The third-order valence-electron chi connectivity index (χ3n) is 6.02. The minimum atomic E-state index is -1.85. The van der Waals surface area contributed by atoms with E-state index in [1.165, 1.54) is 20.1 Å². The van der Waals surface area contributed by atoms with Crippen molar-refractivity contribution in [2.24, 2.45) is 5.92 Å². The number of aliphatic hydroxyl groups excluding tert-OH is 5. The fourth-order valence-electron chi connectivity index (χ4n) is 4.54. The van der Waals surface area contributed by atoms with E-state index in [-0.39, 0.29) is 6.42 Å². The predicted octanol–water partition coefficient (Wildman–Crippen LogP) is -2.50. The summed E-state index contributed by atoms with van der Waals surface area (Å²) < 4.78 is 21.9. The van der Waals surface area contributed by atoms with Gasteiger partial charge in [-0.25, -0.2) is 0 Å². The molecule has 0 aromatic heterocycles. The minimum absolute atomic E-state index is 0.100. The highest BCUT2D eigenvalue weighted by Crippen LogP contribution is 2.53. The van der Waals surface area contributed by atoms with Crippen LogP contribution in [0.2, 0.25) is 0 Å². The molecule has 2 heterocycles. The highest BCUT2D eigenvalue weighted by molar-refractivity contribution is 5.66. The van der Waals surface area contributed by atoms with Gasteiger partial charge < -0.3 is 49.6 Å². The molecule has 1 aliphatic carbocycles. The number of hydrogen-bond donors (Lipinski definition) is 6. The number of ether oxygens (including phenoxy) is 4. The highest BCUT2D eigenvalue weighted by atomic mass is 16.8. The Morgan fingerprint density at radius 1 is 1.21 bits per heavy atom. The van der Waals surface area contributed by atoms with Crippen molar-refractivity contribution < 1.29 is 54.4 Å². The first-order valence-electron chi connectivity index (χ1n) is 9.34. The monoisotopic (exact) mass is 420 g/mol. The second kappa shape index (κ2) is 7.75. The van der Waals surface area contributed by atoms with E-state index in [4.69, 9.17) is 18.9 Å². The lowest BCUT2D eigenvalue weighted by molar-refractivity contribution is -0.352. The molecule has 0 aromatic carbocycles. The van der Waals surface area contributed by atoms with Crippen LogP contribution in [0.5, 0.6) is 0 Å². The maximum absolute atomic E-state index is 11.6. The molecular formula is C18H28O11. The third kappa shape index (κ3) is 3.55. The molecule has 3 aliphatic rings. The van der Waals surface area contributed by atoms with Gasteiger partial charge in [0.1, 0.15) is 35.6 Å². The molecule has 6 N–H and O–H groups in total. The Morgan fingerprint density at radius 2 is 1.86 bits per heavy atom.